The van der Waals surface area contributed by atoms with Gasteiger partial charge in [0.2, 0.25) is 0 Å². The van der Waals surface area contributed by atoms with Crippen molar-refractivity contribution in [2.45, 2.75) is 70.4 Å². The number of aliphatic imine (C=N–C) groups is 1. The molecule has 5 unspecified atom stereocenters. The van der Waals surface area contributed by atoms with E-state index in [1.165, 1.54) is 51.4 Å². The molecule has 1 saturated carbocycles. The quantitative estimate of drug-likeness (QED) is 0.758. The molecule has 1 N–H and O–H groups in total. The molecular formula is C16H28N2. The van der Waals surface area contributed by atoms with Crippen molar-refractivity contribution in [3.63, 3.8) is 0 Å². The van der Waals surface area contributed by atoms with Gasteiger partial charge < -0.3 is 5.32 Å². The highest BCUT2D eigenvalue weighted by molar-refractivity contribution is 5.64. The van der Waals surface area contributed by atoms with Crippen LogP contribution in [-0.4, -0.2) is 24.8 Å². The molecule has 1 aliphatic carbocycles. The van der Waals surface area contributed by atoms with Gasteiger partial charge in [0.25, 0.3) is 0 Å². The summed E-state index contributed by atoms with van der Waals surface area (Å²) in [6.07, 6.45) is 13.5. The largest absolute Gasteiger partial charge is 0.311 e. The summed E-state index contributed by atoms with van der Waals surface area (Å²) < 4.78 is 0. The summed E-state index contributed by atoms with van der Waals surface area (Å²) in [5.74, 6) is 2.61. The molecule has 2 fully saturated rings. The van der Waals surface area contributed by atoms with Crippen LogP contribution in [0.4, 0.5) is 0 Å². The number of nitrogens with one attached hydrogen (secondary N) is 1. The first-order valence-electron chi connectivity index (χ1n) is 8.14. The SMILES string of the molecule is CCCCCC1CCC2C(CCC3CN=CC32)N1. The van der Waals surface area contributed by atoms with Gasteiger partial charge in [-0.05, 0) is 43.9 Å². The third-order valence-electron chi connectivity index (χ3n) is 5.48. The summed E-state index contributed by atoms with van der Waals surface area (Å²) in [4.78, 5) is 4.55. The summed E-state index contributed by atoms with van der Waals surface area (Å²) in [5.41, 5.74) is 0. The van der Waals surface area contributed by atoms with Gasteiger partial charge in [0, 0.05) is 30.8 Å². The molecule has 2 nitrogen and oxygen atoms in total. The average molecular weight is 248 g/mol. The van der Waals surface area contributed by atoms with E-state index in [0.29, 0.717) is 0 Å². The van der Waals surface area contributed by atoms with E-state index in [0.717, 1.165) is 36.4 Å². The third kappa shape index (κ3) is 2.49. The fourth-order valence-corrected chi connectivity index (χ4v) is 4.43. The van der Waals surface area contributed by atoms with Crippen molar-refractivity contribution < 1.29 is 0 Å². The molecule has 0 aromatic carbocycles. The first-order chi connectivity index (χ1) is 8.88. The molecule has 102 valence electrons. The molecule has 0 radical (unpaired) electrons. The second-order valence-corrected chi connectivity index (χ2v) is 6.64. The van der Waals surface area contributed by atoms with Crippen LogP contribution in [0, 0.1) is 17.8 Å². The van der Waals surface area contributed by atoms with Crippen LogP contribution in [0.5, 0.6) is 0 Å². The number of hydrogen-bond donors (Lipinski definition) is 1. The van der Waals surface area contributed by atoms with Crippen LogP contribution in [0.1, 0.15) is 58.3 Å². The molecule has 0 aromatic rings. The average Bonchev–Trinajstić information content (AvgIpc) is 2.87. The van der Waals surface area contributed by atoms with E-state index in [2.05, 4.69) is 23.4 Å². The minimum atomic E-state index is 0.802. The minimum Gasteiger partial charge on any atom is -0.311 e. The predicted molar refractivity (Wildman–Crippen MR) is 77.2 cm³/mol. The molecule has 3 aliphatic rings. The topological polar surface area (TPSA) is 24.4 Å². The van der Waals surface area contributed by atoms with Crippen molar-refractivity contribution in [1.29, 1.82) is 0 Å². The molecule has 2 heterocycles. The lowest BCUT2D eigenvalue weighted by molar-refractivity contribution is 0.114. The van der Waals surface area contributed by atoms with Crippen molar-refractivity contribution in [3.8, 4) is 0 Å². The van der Waals surface area contributed by atoms with Crippen molar-refractivity contribution in [2.24, 2.45) is 22.7 Å². The summed E-state index contributed by atoms with van der Waals surface area (Å²) in [5, 5.41) is 3.97. The highest BCUT2D eigenvalue weighted by atomic mass is 15.0. The Morgan fingerprint density at radius 3 is 3.00 bits per heavy atom. The molecule has 5 atom stereocenters. The highest BCUT2D eigenvalue weighted by Gasteiger charge is 2.42. The Balaban J connectivity index is 1.53. The zero-order valence-electron chi connectivity index (χ0n) is 11.8. The molecule has 3 rings (SSSR count). The van der Waals surface area contributed by atoms with E-state index in [1.54, 1.807) is 0 Å². The number of nitrogens with zero attached hydrogens (tertiary/aromatic N) is 1. The van der Waals surface area contributed by atoms with Crippen LogP contribution in [0.25, 0.3) is 0 Å². The second-order valence-electron chi connectivity index (χ2n) is 6.64. The molecule has 2 heteroatoms. The molecule has 0 bridgehead atoms. The molecule has 0 amide bonds. The maximum Gasteiger partial charge on any atom is 0.0420 e. The van der Waals surface area contributed by atoms with E-state index in [4.69, 9.17) is 0 Å². The molecule has 18 heavy (non-hydrogen) atoms. The second kappa shape index (κ2) is 5.73. The number of fused-ring (bicyclic) bond motifs is 3. The number of unbranched alkanes of at least 4 members (excludes halogenated alkanes) is 2. The van der Waals surface area contributed by atoms with Gasteiger partial charge in [-0.2, -0.15) is 0 Å². The Hall–Kier alpha value is -0.370. The number of hydrogen-bond acceptors (Lipinski definition) is 2. The highest BCUT2D eigenvalue weighted by Crippen LogP contribution is 2.42. The smallest absolute Gasteiger partial charge is 0.0420 e. The van der Waals surface area contributed by atoms with E-state index < -0.39 is 0 Å². The molecule has 0 aromatic heterocycles. The fraction of sp³-hybridized carbons (Fsp3) is 0.938. The normalized spacial score (nSPS) is 42.6. The minimum absolute atomic E-state index is 0.802. The third-order valence-corrected chi connectivity index (χ3v) is 5.48. The predicted octanol–water partition coefficient (Wildman–Crippen LogP) is 3.41. The summed E-state index contributed by atoms with van der Waals surface area (Å²) in [7, 11) is 0. The summed E-state index contributed by atoms with van der Waals surface area (Å²) >= 11 is 0. The van der Waals surface area contributed by atoms with Crippen LogP contribution < -0.4 is 5.32 Å². The van der Waals surface area contributed by atoms with Crippen molar-refractivity contribution in [3.05, 3.63) is 0 Å². The van der Waals surface area contributed by atoms with Crippen molar-refractivity contribution >= 4 is 6.21 Å². The van der Waals surface area contributed by atoms with E-state index in [1.807, 2.05) is 0 Å². The summed E-state index contributed by atoms with van der Waals surface area (Å²) in [6.45, 7) is 3.42. The van der Waals surface area contributed by atoms with Gasteiger partial charge >= 0.3 is 0 Å². The fourth-order valence-electron chi connectivity index (χ4n) is 4.43. The maximum absolute atomic E-state index is 4.55. The molecule has 0 spiro atoms. The van der Waals surface area contributed by atoms with Crippen LogP contribution in [0.2, 0.25) is 0 Å². The standard InChI is InChI=1S/C16H28N2/c1-2-3-4-5-13-7-8-14-15-11-17-10-12(15)6-9-16(14)18-13/h11-16,18H,2-10H2,1H3. The van der Waals surface area contributed by atoms with Crippen LogP contribution >= 0.6 is 0 Å². The van der Waals surface area contributed by atoms with Gasteiger partial charge in [-0.1, -0.05) is 26.2 Å². The Morgan fingerprint density at radius 1 is 1.17 bits per heavy atom. The van der Waals surface area contributed by atoms with Crippen LogP contribution in [0.15, 0.2) is 4.99 Å². The Labute approximate surface area is 112 Å². The van der Waals surface area contributed by atoms with E-state index in [9.17, 15) is 0 Å². The Kier molecular flexibility index (Phi) is 4.03. The number of rotatable bonds is 4. The van der Waals surface area contributed by atoms with Gasteiger partial charge in [0.15, 0.2) is 0 Å². The zero-order valence-corrected chi connectivity index (χ0v) is 11.8. The van der Waals surface area contributed by atoms with E-state index in [-0.39, 0.29) is 0 Å². The lowest BCUT2D eigenvalue weighted by atomic mass is 9.67. The first-order valence-corrected chi connectivity index (χ1v) is 8.14. The monoisotopic (exact) mass is 248 g/mol. The molecular weight excluding hydrogens is 220 g/mol. The molecule has 2 aliphatic heterocycles. The van der Waals surface area contributed by atoms with Gasteiger partial charge in [-0.25, -0.2) is 0 Å². The van der Waals surface area contributed by atoms with Crippen LogP contribution in [-0.2, 0) is 0 Å². The van der Waals surface area contributed by atoms with Gasteiger partial charge in [0.1, 0.15) is 0 Å². The van der Waals surface area contributed by atoms with Crippen LogP contribution in [0.3, 0.4) is 0 Å². The summed E-state index contributed by atoms with van der Waals surface area (Å²) in [6, 6.07) is 1.61. The number of piperidine rings is 1. The van der Waals surface area contributed by atoms with Gasteiger partial charge in [-0.15, -0.1) is 0 Å². The van der Waals surface area contributed by atoms with E-state index >= 15 is 0 Å². The van der Waals surface area contributed by atoms with Crippen molar-refractivity contribution in [2.75, 3.05) is 6.54 Å². The lowest BCUT2D eigenvalue weighted by Crippen LogP contribution is -2.53. The first kappa shape index (κ1) is 12.7. The van der Waals surface area contributed by atoms with Gasteiger partial charge in [-0.3, -0.25) is 4.99 Å². The zero-order chi connectivity index (χ0) is 12.4. The Bertz CT molecular complexity index is 299. The van der Waals surface area contributed by atoms with Crippen molar-refractivity contribution in [1.82, 2.24) is 5.32 Å². The lowest BCUT2D eigenvalue weighted by Gasteiger charge is -2.45. The maximum atomic E-state index is 4.55. The van der Waals surface area contributed by atoms with Gasteiger partial charge in [0.05, 0.1) is 0 Å². The molecule has 1 saturated heterocycles. The Morgan fingerprint density at radius 2 is 2.11 bits per heavy atom.